The summed E-state index contributed by atoms with van der Waals surface area (Å²) >= 11 is 5.92. The molecule has 0 N–H and O–H groups in total. The number of hydrogen-bond acceptors (Lipinski definition) is 3. The van der Waals surface area contributed by atoms with Crippen LogP contribution < -0.4 is 0 Å². The molecule has 1 aliphatic heterocycles. The molecule has 1 heterocycles. The number of alkyl halides is 1. The zero-order valence-corrected chi connectivity index (χ0v) is 11.2. The molecule has 1 aliphatic rings. The minimum Gasteiger partial charge on any atom is -0.290 e. The standard InChI is InChI=1S/C13H14ClFN2O2/c1-13(15)6-11(14)8-16(9-13)7-10-2-4-12(5-3-10)17(18)19/h2-6H,7-9H2,1H3. The molecule has 1 aromatic carbocycles. The number of benzene rings is 1. The van der Waals surface area contributed by atoms with Crippen molar-refractivity contribution >= 4 is 17.3 Å². The SMILES string of the molecule is CC1(F)C=C(Cl)CN(Cc2ccc([N+](=O)[O-])cc2)C1. The topological polar surface area (TPSA) is 46.4 Å². The van der Waals surface area contributed by atoms with E-state index in [-0.39, 0.29) is 12.2 Å². The molecule has 0 saturated heterocycles. The molecule has 0 aliphatic carbocycles. The molecule has 0 aromatic heterocycles. The Bertz CT molecular complexity index is 514. The number of nitro groups is 1. The highest BCUT2D eigenvalue weighted by Crippen LogP contribution is 2.26. The van der Waals surface area contributed by atoms with E-state index in [9.17, 15) is 14.5 Å². The van der Waals surface area contributed by atoms with E-state index < -0.39 is 10.6 Å². The Hall–Kier alpha value is -1.46. The molecular weight excluding hydrogens is 271 g/mol. The van der Waals surface area contributed by atoms with Crippen molar-refractivity contribution in [1.82, 2.24) is 4.90 Å². The fourth-order valence-electron chi connectivity index (χ4n) is 2.22. The minimum absolute atomic E-state index is 0.0515. The van der Waals surface area contributed by atoms with Crippen LogP contribution in [-0.2, 0) is 6.54 Å². The van der Waals surface area contributed by atoms with Gasteiger partial charge in [-0.2, -0.15) is 0 Å². The summed E-state index contributed by atoms with van der Waals surface area (Å²) in [6, 6.07) is 6.26. The zero-order chi connectivity index (χ0) is 14.0. The van der Waals surface area contributed by atoms with Crippen LogP contribution in [0.5, 0.6) is 0 Å². The van der Waals surface area contributed by atoms with E-state index in [2.05, 4.69) is 0 Å². The molecule has 6 heteroatoms. The maximum Gasteiger partial charge on any atom is 0.269 e. The van der Waals surface area contributed by atoms with Gasteiger partial charge < -0.3 is 0 Å². The molecule has 0 spiro atoms. The quantitative estimate of drug-likeness (QED) is 0.632. The average Bonchev–Trinajstić information content (AvgIpc) is 2.26. The van der Waals surface area contributed by atoms with E-state index in [0.29, 0.717) is 18.1 Å². The van der Waals surface area contributed by atoms with Gasteiger partial charge in [-0.3, -0.25) is 15.0 Å². The van der Waals surface area contributed by atoms with Crippen molar-refractivity contribution in [2.75, 3.05) is 13.1 Å². The van der Waals surface area contributed by atoms with Gasteiger partial charge in [0, 0.05) is 36.8 Å². The Morgan fingerprint density at radius 2 is 2.11 bits per heavy atom. The van der Waals surface area contributed by atoms with Crippen molar-refractivity contribution in [3.63, 3.8) is 0 Å². The predicted octanol–water partition coefficient (Wildman–Crippen LogP) is 3.26. The molecule has 2 rings (SSSR count). The van der Waals surface area contributed by atoms with Gasteiger partial charge in [-0.05, 0) is 18.6 Å². The second-order valence-electron chi connectivity index (χ2n) is 4.94. The number of rotatable bonds is 3. The fourth-order valence-corrected chi connectivity index (χ4v) is 2.61. The minimum atomic E-state index is -1.43. The summed E-state index contributed by atoms with van der Waals surface area (Å²) in [5.74, 6) is 0. The highest BCUT2D eigenvalue weighted by molar-refractivity contribution is 6.30. The summed E-state index contributed by atoms with van der Waals surface area (Å²) in [7, 11) is 0. The molecule has 1 aromatic rings. The molecule has 0 bridgehead atoms. The van der Waals surface area contributed by atoms with Crippen LogP contribution in [0.25, 0.3) is 0 Å². The second kappa shape index (κ2) is 5.27. The Morgan fingerprint density at radius 1 is 1.47 bits per heavy atom. The van der Waals surface area contributed by atoms with E-state index in [1.165, 1.54) is 25.1 Å². The predicted molar refractivity (Wildman–Crippen MR) is 71.8 cm³/mol. The molecular formula is C13H14ClFN2O2. The Morgan fingerprint density at radius 3 is 2.63 bits per heavy atom. The van der Waals surface area contributed by atoms with Gasteiger partial charge in [0.1, 0.15) is 5.67 Å². The van der Waals surface area contributed by atoms with Crippen LogP contribution >= 0.6 is 11.6 Å². The van der Waals surface area contributed by atoms with Crippen molar-refractivity contribution in [3.8, 4) is 0 Å². The molecule has 0 fully saturated rings. The van der Waals surface area contributed by atoms with Crippen molar-refractivity contribution in [1.29, 1.82) is 0 Å². The largest absolute Gasteiger partial charge is 0.290 e. The van der Waals surface area contributed by atoms with Gasteiger partial charge in [0.25, 0.3) is 5.69 Å². The van der Waals surface area contributed by atoms with Gasteiger partial charge >= 0.3 is 0 Å². The lowest BCUT2D eigenvalue weighted by Crippen LogP contribution is -2.40. The third kappa shape index (κ3) is 3.75. The van der Waals surface area contributed by atoms with Gasteiger partial charge in [-0.15, -0.1) is 0 Å². The molecule has 0 amide bonds. The lowest BCUT2D eigenvalue weighted by atomic mass is 10.0. The van der Waals surface area contributed by atoms with Crippen LogP contribution in [0.4, 0.5) is 10.1 Å². The number of non-ortho nitro benzene ring substituents is 1. The van der Waals surface area contributed by atoms with E-state index in [1.807, 2.05) is 4.90 Å². The van der Waals surface area contributed by atoms with Crippen molar-refractivity contribution in [2.24, 2.45) is 0 Å². The molecule has 19 heavy (non-hydrogen) atoms. The highest BCUT2D eigenvalue weighted by atomic mass is 35.5. The first kappa shape index (κ1) is 14.0. The second-order valence-corrected chi connectivity index (χ2v) is 5.42. The summed E-state index contributed by atoms with van der Waals surface area (Å²) in [4.78, 5) is 12.0. The summed E-state index contributed by atoms with van der Waals surface area (Å²) in [6.45, 7) is 2.76. The van der Waals surface area contributed by atoms with Crippen LogP contribution in [0, 0.1) is 10.1 Å². The number of nitro benzene ring substituents is 1. The molecule has 0 radical (unpaired) electrons. The monoisotopic (exact) mass is 284 g/mol. The Balaban J connectivity index is 2.06. The smallest absolute Gasteiger partial charge is 0.269 e. The first-order valence-electron chi connectivity index (χ1n) is 5.87. The number of nitrogens with zero attached hydrogens (tertiary/aromatic N) is 2. The summed E-state index contributed by atoms with van der Waals surface area (Å²) in [5.41, 5.74) is -0.487. The van der Waals surface area contributed by atoms with Crippen molar-refractivity contribution < 1.29 is 9.31 Å². The summed E-state index contributed by atoms with van der Waals surface area (Å²) in [6.07, 6.45) is 1.43. The molecule has 4 nitrogen and oxygen atoms in total. The third-order valence-corrected chi connectivity index (χ3v) is 3.15. The maximum absolute atomic E-state index is 14.0. The van der Waals surface area contributed by atoms with E-state index in [0.717, 1.165) is 5.56 Å². The van der Waals surface area contributed by atoms with Crippen LogP contribution in [0.2, 0.25) is 0 Å². The van der Waals surface area contributed by atoms with E-state index in [1.54, 1.807) is 12.1 Å². The molecule has 0 saturated carbocycles. The van der Waals surface area contributed by atoms with E-state index in [4.69, 9.17) is 11.6 Å². The zero-order valence-electron chi connectivity index (χ0n) is 10.5. The lowest BCUT2D eigenvalue weighted by molar-refractivity contribution is -0.384. The third-order valence-electron chi connectivity index (χ3n) is 2.92. The Labute approximate surface area is 115 Å². The van der Waals surface area contributed by atoms with Gasteiger partial charge in [0.15, 0.2) is 0 Å². The van der Waals surface area contributed by atoms with Gasteiger partial charge in [0.2, 0.25) is 0 Å². The van der Waals surface area contributed by atoms with Gasteiger partial charge in [-0.25, -0.2) is 4.39 Å². The van der Waals surface area contributed by atoms with Crippen LogP contribution in [-0.4, -0.2) is 28.6 Å². The van der Waals surface area contributed by atoms with Gasteiger partial charge in [0.05, 0.1) is 4.92 Å². The molecule has 1 atom stereocenters. The first-order valence-corrected chi connectivity index (χ1v) is 6.25. The molecule has 102 valence electrons. The van der Waals surface area contributed by atoms with Crippen molar-refractivity contribution in [2.45, 2.75) is 19.1 Å². The van der Waals surface area contributed by atoms with Crippen LogP contribution in [0.3, 0.4) is 0 Å². The van der Waals surface area contributed by atoms with E-state index >= 15 is 0 Å². The Kier molecular flexibility index (Phi) is 3.87. The number of halogens is 2. The van der Waals surface area contributed by atoms with Gasteiger partial charge in [-0.1, -0.05) is 23.7 Å². The normalized spacial score (nSPS) is 24.1. The van der Waals surface area contributed by atoms with Crippen LogP contribution in [0.1, 0.15) is 12.5 Å². The summed E-state index contributed by atoms with van der Waals surface area (Å²) < 4.78 is 14.0. The fraction of sp³-hybridized carbons (Fsp3) is 0.385. The summed E-state index contributed by atoms with van der Waals surface area (Å²) in [5, 5.41) is 11.0. The maximum atomic E-state index is 14.0. The van der Waals surface area contributed by atoms with Crippen LogP contribution in [0.15, 0.2) is 35.4 Å². The first-order chi connectivity index (χ1) is 8.85. The highest BCUT2D eigenvalue weighted by Gasteiger charge is 2.29. The lowest BCUT2D eigenvalue weighted by Gasteiger charge is -2.32. The number of hydrogen-bond donors (Lipinski definition) is 0. The molecule has 1 unspecified atom stereocenters. The average molecular weight is 285 g/mol. The van der Waals surface area contributed by atoms with Crippen molar-refractivity contribution in [3.05, 3.63) is 51.1 Å².